The third kappa shape index (κ3) is 5.73. The van der Waals surface area contributed by atoms with Crippen molar-refractivity contribution in [3.05, 3.63) is 29.8 Å². The van der Waals surface area contributed by atoms with E-state index in [0.717, 1.165) is 19.4 Å². The van der Waals surface area contributed by atoms with Gasteiger partial charge in [0.1, 0.15) is 5.75 Å². The monoisotopic (exact) mass is 335 g/mol. The molecule has 1 aromatic rings. The lowest BCUT2D eigenvalue weighted by atomic mass is 10.1. The maximum absolute atomic E-state index is 12.5. The molecule has 0 aliphatic carbocycles. The van der Waals surface area contributed by atoms with Crippen molar-refractivity contribution in [3.8, 4) is 5.75 Å². The highest BCUT2D eigenvalue weighted by Gasteiger charge is 2.23. The zero-order chi connectivity index (χ0) is 17.4. The Morgan fingerprint density at radius 2 is 2.04 bits per heavy atom. The van der Waals surface area contributed by atoms with E-state index in [9.17, 15) is 14.7 Å². The zero-order valence-electron chi connectivity index (χ0n) is 14.0. The lowest BCUT2D eigenvalue weighted by molar-refractivity contribution is -0.118. The number of phenolic OH excluding ortho intramolecular Hbond substituents is 1. The highest BCUT2D eigenvalue weighted by atomic mass is 16.5. The van der Waals surface area contributed by atoms with Crippen LogP contribution in [0.2, 0.25) is 0 Å². The number of amides is 3. The van der Waals surface area contributed by atoms with E-state index in [0.29, 0.717) is 31.7 Å². The maximum Gasteiger partial charge on any atom is 0.317 e. The van der Waals surface area contributed by atoms with Crippen LogP contribution >= 0.6 is 0 Å². The first-order chi connectivity index (χ1) is 11.6. The van der Waals surface area contributed by atoms with Crippen molar-refractivity contribution >= 4 is 11.9 Å². The van der Waals surface area contributed by atoms with Gasteiger partial charge in [-0.15, -0.1) is 0 Å². The summed E-state index contributed by atoms with van der Waals surface area (Å²) in [5, 5.41) is 15.4. The lowest BCUT2D eigenvalue weighted by Gasteiger charge is -2.26. The number of ether oxygens (including phenoxy) is 1. The molecule has 7 heteroatoms. The molecule has 7 nitrogen and oxygen atoms in total. The molecule has 0 unspecified atom stereocenters. The molecule has 0 radical (unpaired) electrons. The summed E-state index contributed by atoms with van der Waals surface area (Å²) in [6, 6.07) is 6.74. The number of para-hydroxylation sites is 1. The van der Waals surface area contributed by atoms with Gasteiger partial charge in [0.2, 0.25) is 5.91 Å². The van der Waals surface area contributed by atoms with Crippen molar-refractivity contribution in [2.45, 2.75) is 32.4 Å². The van der Waals surface area contributed by atoms with Crippen molar-refractivity contribution < 1.29 is 19.4 Å². The summed E-state index contributed by atoms with van der Waals surface area (Å²) in [6.07, 6.45) is 1.95. The van der Waals surface area contributed by atoms with Crippen LogP contribution in [-0.2, 0) is 16.1 Å². The molecule has 1 saturated heterocycles. The molecule has 24 heavy (non-hydrogen) atoms. The van der Waals surface area contributed by atoms with E-state index in [-0.39, 0.29) is 23.8 Å². The van der Waals surface area contributed by atoms with Gasteiger partial charge in [-0.2, -0.15) is 0 Å². The highest BCUT2D eigenvalue weighted by Crippen LogP contribution is 2.20. The van der Waals surface area contributed by atoms with Crippen molar-refractivity contribution in [1.82, 2.24) is 15.5 Å². The van der Waals surface area contributed by atoms with Gasteiger partial charge in [0.25, 0.3) is 0 Å². The largest absolute Gasteiger partial charge is 0.508 e. The average Bonchev–Trinajstić information content (AvgIpc) is 3.05. The van der Waals surface area contributed by atoms with Crippen LogP contribution < -0.4 is 10.6 Å². The average molecular weight is 335 g/mol. The minimum Gasteiger partial charge on any atom is -0.508 e. The van der Waals surface area contributed by atoms with Crippen LogP contribution in [0.3, 0.4) is 0 Å². The van der Waals surface area contributed by atoms with E-state index in [2.05, 4.69) is 10.6 Å². The summed E-state index contributed by atoms with van der Waals surface area (Å²) in [5.41, 5.74) is 0.688. The number of hydrogen-bond acceptors (Lipinski definition) is 4. The van der Waals surface area contributed by atoms with Crippen molar-refractivity contribution in [3.63, 3.8) is 0 Å². The summed E-state index contributed by atoms with van der Waals surface area (Å²) in [4.78, 5) is 24.9. The van der Waals surface area contributed by atoms with Gasteiger partial charge in [-0.1, -0.05) is 18.2 Å². The number of nitrogens with one attached hydrogen (secondary N) is 2. The molecule has 0 saturated carbocycles. The number of hydrogen-bond donors (Lipinski definition) is 3. The fraction of sp³-hybridized carbons (Fsp3) is 0.529. The van der Waals surface area contributed by atoms with Gasteiger partial charge in [0, 0.05) is 38.7 Å². The Balaban J connectivity index is 1.94. The van der Waals surface area contributed by atoms with E-state index in [1.54, 1.807) is 23.1 Å². The molecule has 1 aromatic carbocycles. The Kier molecular flexibility index (Phi) is 6.87. The predicted octanol–water partition coefficient (Wildman–Crippen LogP) is 1.22. The van der Waals surface area contributed by atoms with Crippen molar-refractivity contribution in [1.29, 1.82) is 0 Å². The van der Waals surface area contributed by atoms with Crippen molar-refractivity contribution in [2.75, 3.05) is 26.2 Å². The fourth-order valence-corrected chi connectivity index (χ4v) is 2.62. The Labute approximate surface area is 142 Å². The molecule has 3 amide bonds. The summed E-state index contributed by atoms with van der Waals surface area (Å²) >= 11 is 0. The minimum atomic E-state index is -0.237. The summed E-state index contributed by atoms with van der Waals surface area (Å²) < 4.78 is 5.62. The second-order valence-electron chi connectivity index (χ2n) is 5.86. The Morgan fingerprint density at radius 3 is 2.71 bits per heavy atom. The molecule has 2 rings (SSSR count). The number of rotatable bonds is 7. The number of aromatic hydroxyl groups is 1. The van der Waals surface area contributed by atoms with E-state index >= 15 is 0 Å². The molecule has 1 fully saturated rings. The first-order valence-electron chi connectivity index (χ1n) is 8.22. The standard InChI is InChI=1S/C17H25N3O4/c1-13(21)18-8-9-19-17(23)20(12-15-6-4-10-24-15)11-14-5-2-3-7-16(14)22/h2-3,5,7,15,22H,4,6,8-12H2,1H3,(H,18,21)(H,19,23)/t15-/m0/s1. The summed E-state index contributed by atoms with van der Waals surface area (Å²) in [6.45, 7) is 3.66. The molecule has 3 N–H and O–H groups in total. The number of carbonyl (C=O) groups excluding carboxylic acids is 2. The van der Waals surface area contributed by atoms with Crippen LogP contribution in [-0.4, -0.2) is 54.3 Å². The molecule has 1 aliphatic rings. The van der Waals surface area contributed by atoms with Crippen molar-refractivity contribution in [2.24, 2.45) is 0 Å². The zero-order valence-corrected chi connectivity index (χ0v) is 14.0. The number of benzene rings is 1. The number of phenols is 1. The van der Waals surface area contributed by atoms with Gasteiger partial charge in [0.05, 0.1) is 12.6 Å². The van der Waals surface area contributed by atoms with Crippen LogP contribution in [0.1, 0.15) is 25.3 Å². The SMILES string of the molecule is CC(=O)NCCNC(=O)N(Cc1ccccc1O)C[C@@H]1CCCO1. The van der Waals surface area contributed by atoms with E-state index in [4.69, 9.17) is 4.74 Å². The van der Waals surface area contributed by atoms with Gasteiger partial charge < -0.3 is 25.4 Å². The second kappa shape index (κ2) is 9.12. The van der Waals surface area contributed by atoms with Crippen LogP contribution in [0.25, 0.3) is 0 Å². The fourth-order valence-electron chi connectivity index (χ4n) is 2.62. The quantitative estimate of drug-likeness (QED) is 0.654. The molecule has 1 aliphatic heterocycles. The molecular formula is C17H25N3O4. The number of carbonyl (C=O) groups is 2. The lowest BCUT2D eigenvalue weighted by Crippen LogP contribution is -2.45. The highest BCUT2D eigenvalue weighted by molar-refractivity contribution is 5.75. The van der Waals surface area contributed by atoms with Gasteiger partial charge in [-0.05, 0) is 18.9 Å². The van der Waals surface area contributed by atoms with E-state index in [1.807, 2.05) is 6.07 Å². The Bertz CT molecular complexity index is 559. The van der Waals surface area contributed by atoms with Gasteiger partial charge in [0.15, 0.2) is 0 Å². The molecular weight excluding hydrogens is 310 g/mol. The maximum atomic E-state index is 12.5. The van der Waals surface area contributed by atoms with Gasteiger partial charge >= 0.3 is 6.03 Å². The molecule has 0 aromatic heterocycles. The molecule has 0 bridgehead atoms. The minimum absolute atomic E-state index is 0.0250. The predicted molar refractivity (Wildman–Crippen MR) is 89.6 cm³/mol. The smallest absolute Gasteiger partial charge is 0.317 e. The number of urea groups is 1. The van der Waals surface area contributed by atoms with Crippen LogP contribution in [0, 0.1) is 0 Å². The third-order valence-corrected chi connectivity index (χ3v) is 3.86. The van der Waals surface area contributed by atoms with Crippen LogP contribution in [0.5, 0.6) is 5.75 Å². The normalized spacial score (nSPS) is 16.6. The Hall–Kier alpha value is -2.28. The molecule has 1 heterocycles. The van der Waals surface area contributed by atoms with E-state index < -0.39 is 0 Å². The molecule has 0 spiro atoms. The van der Waals surface area contributed by atoms with Gasteiger partial charge in [-0.3, -0.25) is 4.79 Å². The van der Waals surface area contributed by atoms with Crippen LogP contribution in [0.4, 0.5) is 4.79 Å². The van der Waals surface area contributed by atoms with E-state index in [1.165, 1.54) is 6.92 Å². The first kappa shape index (κ1) is 18.1. The summed E-state index contributed by atoms with van der Waals surface area (Å²) in [5.74, 6) is 0.0376. The third-order valence-electron chi connectivity index (χ3n) is 3.86. The topological polar surface area (TPSA) is 90.9 Å². The molecule has 132 valence electrons. The van der Waals surface area contributed by atoms with Crippen LogP contribution in [0.15, 0.2) is 24.3 Å². The second-order valence-corrected chi connectivity index (χ2v) is 5.86. The molecule has 1 atom stereocenters. The Morgan fingerprint density at radius 1 is 1.29 bits per heavy atom. The first-order valence-corrected chi connectivity index (χ1v) is 8.22. The number of nitrogens with zero attached hydrogens (tertiary/aromatic N) is 1. The van der Waals surface area contributed by atoms with Gasteiger partial charge in [-0.25, -0.2) is 4.79 Å². The summed E-state index contributed by atoms with van der Waals surface area (Å²) in [7, 11) is 0.